The van der Waals surface area contributed by atoms with Crippen LogP contribution in [0.15, 0.2) is 18.2 Å². The molecule has 1 aromatic carbocycles. The van der Waals surface area contributed by atoms with Crippen LogP contribution < -0.4 is 5.32 Å². The topological polar surface area (TPSA) is 102 Å². The van der Waals surface area contributed by atoms with Crippen molar-refractivity contribution in [2.75, 3.05) is 0 Å². The molecule has 4 N–H and O–H groups in total. The summed E-state index contributed by atoms with van der Waals surface area (Å²) in [6, 6.07) is 2.99. The van der Waals surface area contributed by atoms with Gasteiger partial charge in [-0.15, -0.1) is 0 Å². The third kappa shape index (κ3) is 2.10. The zero-order valence-electron chi connectivity index (χ0n) is 13.0. The van der Waals surface area contributed by atoms with E-state index in [-0.39, 0.29) is 23.0 Å². The molecule has 24 heavy (non-hydrogen) atoms. The number of carbonyl (C=O) groups excluding carboxylic acids is 1. The molecular weight excluding hydrogens is 322 g/mol. The highest BCUT2D eigenvalue weighted by molar-refractivity contribution is 6.01. The number of hydrogen-bond acceptors (Lipinski definition) is 3. The van der Waals surface area contributed by atoms with Gasteiger partial charge >= 0.3 is 5.97 Å². The molecule has 0 spiro atoms. The Morgan fingerprint density at radius 3 is 2.50 bits per heavy atom. The Morgan fingerprint density at radius 2 is 1.96 bits per heavy atom. The van der Waals surface area contributed by atoms with Gasteiger partial charge in [-0.2, -0.15) is 0 Å². The molecule has 1 heterocycles. The van der Waals surface area contributed by atoms with Crippen molar-refractivity contribution in [3.63, 3.8) is 0 Å². The summed E-state index contributed by atoms with van der Waals surface area (Å²) in [5.74, 6) is -3.67. The van der Waals surface area contributed by atoms with Gasteiger partial charge in [-0.05, 0) is 12.1 Å². The monoisotopic (exact) mass is 338 g/mol. The van der Waals surface area contributed by atoms with Crippen LogP contribution in [0.1, 0.15) is 30.8 Å². The summed E-state index contributed by atoms with van der Waals surface area (Å²) in [6.45, 7) is 3.08. The molecule has 1 fully saturated rings. The first-order valence-corrected chi connectivity index (χ1v) is 7.30. The third-order valence-electron chi connectivity index (χ3n) is 5.01. The zero-order chi connectivity index (χ0) is 17.9. The highest BCUT2D eigenvalue weighted by Crippen LogP contribution is 2.50. The first kappa shape index (κ1) is 16.4. The van der Waals surface area contributed by atoms with Crippen molar-refractivity contribution in [2.24, 2.45) is 5.41 Å². The summed E-state index contributed by atoms with van der Waals surface area (Å²) >= 11 is 0. The first-order valence-electron chi connectivity index (χ1n) is 7.30. The molecule has 8 heteroatoms. The van der Waals surface area contributed by atoms with E-state index in [1.807, 2.05) is 0 Å². The van der Waals surface area contributed by atoms with E-state index in [1.54, 1.807) is 0 Å². The zero-order valence-corrected chi connectivity index (χ0v) is 13.0. The van der Waals surface area contributed by atoms with Gasteiger partial charge in [-0.25, -0.2) is 13.6 Å². The number of H-pyrrole nitrogens is 1. The van der Waals surface area contributed by atoms with Gasteiger partial charge in [0.1, 0.15) is 22.9 Å². The maximum atomic E-state index is 13.7. The Balaban J connectivity index is 1.95. The second-order valence-electron chi connectivity index (χ2n) is 6.64. The maximum absolute atomic E-state index is 13.7. The molecule has 0 aliphatic heterocycles. The number of halogens is 2. The lowest BCUT2D eigenvalue weighted by atomic mass is 9.54. The molecule has 3 rings (SSSR count). The molecular formula is C16H16F2N2O4. The number of carbonyl (C=O) groups is 2. The van der Waals surface area contributed by atoms with Gasteiger partial charge in [-0.1, -0.05) is 13.8 Å². The highest BCUT2D eigenvalue weighted by Gasteiger charge is 2.65. The summed E-state index contributed by atoms with van der Waals surface area (Å²) in [7, 11) is 0. The summed E-state index contributed by atoms with van der Waals surface area (Å²) < 4.78 is 26.9. The van der Waals surface area contributed by atoms with Gasteiger partial charge in [0.2, 0.25) is 0 Å². The number of aliphatic hydroxyl groups excluding tert-OH is 1. The van der Waals surface area contributed by atoms with Gasteiger partial charge in [0, 0.05) is 23.3 Å². The second kappa shape index (κ2) is 5.01. The lowest BCUT2D eigenvalue weighted by molar-refractivity contribution is -0.180. The molecule has 0 radical (unpaired) electrons. The van der Waals surface area contributed by atoms with E-state index in [0.717, 1.165) is 6.07 Å². The first-order chi connectivity index (χ1) is 11.1. The smallest absolute Gasteiger partial charge is 0.330 e. The fraction of sp³-hybridized carbons (Fsp3) is 0.375. The van der Waals surface area contributed by atoms with Crippen molar-refractivity contribution >= 4 is 22.8 Å². The molecule has 6 nitrogen and oxygen atoms in total. The van der Waals surface area contributed by atoms with E-state index in [1.165, 1.54) is 19.9 Å². The minimum absolute atomic E-state index is 0.0428. The van der Waals surface area contributed by atoms with Crippen molar-refractivity contribution in [3.8, 4) is 0 Å². The van der Waals surface area contributed by atoms with Crippen LogP contribution in [0, 0.1) is 17.0 Å². The molecule has 1 aliphatic carbocycles. The molecule has 1 amide bonds. The Kier molecular flexibility index (Phi) is 3.42. The van der Waals surface area contributed by atoms with E-state index in [2.05, 4.69) is 10.3 Å². The van der Waals surface area contributed by atoms with Crippen LogP contribution in [-0.2, 0) is 4.79 Å². The molecule has 128 valence electrons. The van der Waals surface area contributed by atoms with Crippen molar-refractivity contribution in [2.45, 2.75) is 31.9 Å². The fourth-order valence-electron chi connectivity index (χ4n) is 3.14. The summed E-state index contributed by atoms with van der Waals surface area (Å²) in [5.41, 5.74) is -2.84. The quantitative estimate of drug-likeness (QED) is 0.685. The normalized spacial score (nSPS) is 25.3. The predicted octanol–water partition coefficient (Wildman–Crippen LogP) is 1.79. The number of aromatic amines is 1. The number of benzene rings is 1. The van der Waals surface area contributed by atoms with Crippen LogP contribution in [0.2, 0.25) is 0 Å². The standard InChI is InChI=1S/C16H16F2N2O4/c1-15(2)11(21)6-16(15,14(23)24)20-13(22)10-4-7-3-8(17)5-9(18)12(7)19-10/h3-5,11,19,21H,6H2,1-2H3,(H,20,22)(H,23,24). The van der Waals surface area contributed by atoms with Crippen LogP contribution in [-0.4, -0.2) is 38.7 Å². The molecule has 1 aromatic heterocycles. The number of carboxylic acid groups (broad SMARTS) is 1. The fourth-order valence-corrected chi connectivity index (χ4v) is 3.14. The van der Waals surface area contributed by atoms with Crippen LogP contribution in [0.4, 0.5) is 8.78 Å². The van der Waals surface area contributed by atoms with Crippen LogP contribution >= 0.6 is 0 Å². The minimum Gasteiger partial charge on any atom is -0.479 e. The number of carboxylic acids is 1. The second-order valence-corrected chi connectivity index (χ2v) is 6.64. The molecule has 2 atom stereocenters. The molecule has 2 unspecified atom stereocenters. The number of aliphatic carboxylic acids is 1. The van der Waals surface area contributed by atoms with E-state index in [0.29, 0.717) is 6.07 Å². The predicted molar refractivity (Wildman–Crippen MR) is 80.5 cm³/mol. The Hall–Kier alpha value is -2.48. The Morgan fingerprint density at radius 1 is 1.29 bits per heavy atom. The largest absolute Gasteiger partial charge is 0.479 e. The molecule has 0 saturated heterocycles. The molecule has 1 saturated carbocycles. The summed E-state index contributed by atoms with van der Waals surface area (Å²) in [5, 5.41) is 21.9. The van der Waals surface area contributed by atoms with Gasteiger partial charge < -0.3 is 20.5 Å². The van der Waals surface area contributed by atoms with Crippen molar-refractivity contribution in [1.82, 2.24) is 10.3 Å². The number of rotatable bonds is 3. The van der Waals surface area contributed by atoms with Gasteiger partial charge in [-0.3, -0.25) is 4.79 Å². The van der Waals surface area contributed by atoms with Gasteiger partial charge in [0.15, 0.2) is 0 Å². The lowest BCUT2D eigenvalue weighted by Crippen LogP contribution is -2.75. The highest BCUT2D eigenvalue weighted by atomic mass is 19.1. The Labute approximate surface area is 135 Å². The van der Waals surface area contributed by atoms with Crippen molar-refractivity contribution in [1.29, 1.82) is 0 Å². The number of nitrogens with one attached hydrogen (secondary N) is 2. The summed E-state index contributed by atoms with van der Waals surface area (Å²) in [4.78, 5) is 26.6. The third-order valence-corrected chi connectivity index (χ3v) is 5.01. The molecule has 2 aromatic rings. The van der Waals surface area contributed by atoms with E-state index in [4.69, 9.17) is 0 Å². The number of amides is 1. The number of fused-ring (bicyclic) bond motifs is 1. The molecule has 0 bridgehead atoms. The van der Waals surface area contributed by atoms with Crippen LogP contribution in [0.3, 0.4) is 0 Å². The average Bonchev–Trinajstić information content (AvgIpc) is 2.90. The van der Waals surface area contributed by atoms with Crippen molar-refractivity contribution < 1.29 is 28.6 Å². The number of aromatic nitrogens is 1. The van der Waals surface area contributed by atoms with Gasteiger partial charge in [0.05, 0.1) is 11.6 Å². The summed E-state index contributed by atoms with van der Waals surface area (Å²) in [6.07, 6.45) is -1.01. The van der Waals surface area contributed by atoms with E-state index in [9.17, 15) is 28.6 Å². The Bertz CT molecular complexity index is 861. The molecule has 1 aliphatic rings. The lowest BCUT2D eigenvalue weighted by Gasteiger charge is -2.56. The SMILES string of the molecule is CC1(C)C(O)CC1(NC(=O)c1cc2cc(F)cc(F)c2[nH]1)C(=O)O. The van der Waals surface area contributed by atoms with E-state index < -0.39 is 40.6 Å². The number of hydrogen-bond donors (Lipinski definition) is 4. The van der Waals surface area contributed by atoms with Crippen LogP contribution in [0.25, 0.3) is 10.9 Å². The van der Waals surface area contributed by atoms with E-state index >= 15 is 0 Å². The van der Waals surface area contributed by atoms with Gasteiger partial charge in [0.25, 0.3) is 5.91 Å². The minimum atomic E-state index is -1.63. The maximum Gasteiger partial charge on any atom is 0.330 e. The number of aliphatic hydroxyl groups is 1. The van der Waals surface area contributed by atoms with Crippen LogP contribution in [0.5, 0.6) is 0 Å². The van der Waals surface area contributed by atoms with Crippen molar-refractivity contribution in [3.05, 3.63) is 35.5 Å². The average molecular weight is 338 g/mol.